The van der Waals surface area contributed by atoms with Crippen molar-refractivity contribution in [2.24, 2.45) is 46.3 Å². The first-order valence-corrected chi connectivity index (χ1v) is 20.2. The number of carbonyl (C=O) groups is 2. The number of esters is 1. The molecule has 4 fully saturated rings. The van der Waals surface area contributed by atoms with Crippen LogP contribution in [0.25, 0.3) is 0 Å². The van der Waals surface area contributed by atoms with E-state index in [0.717, 1.165) is 49.9 Å². The number of rotatable bonds is 20. The Bertz CT molecular complexity index is 957. The molecule has 4 aliphatic rings. The molecule has 1 unspecified atom stereocenters. The lowest BCUT2D eigenvalue weighted by atomic mass is 9.44. The van der Waals surface area contributed by atoms with Gasteiger partial charge >= 0.3 is 11.9 Å². The lowest BCUT2D eigenvalue weighted by molar-refractivity contribution is -0.162. The van der Waals surface area contributed by atoms with Crippen molar-refractivity contribution in [3.8, 4) is 0 Å². The average molecular weight is 641 g/mol. The van der Waals surface area contributed by atoms with Crippen LogP contribution < -0.4 is 0 Å². The molecule has 4 heteroatoms. The number of ether oxygens (including phenoxy) is 1. The van der Waals surface area contributed by atoms with Gasteiger partial charge in [0.25, 0.3) is 0 Å². The van der Waals surface area contributed by atoms with Gasteiger partial charge in [0.2, 0.25) is 0 Å². The minimum absolute atomic E-state index is 0.0439. The summed E-state index contributed by atoms with van der Waals surface area (Å²) >= 11 is 0. The van der Waals surface area contributed by atoms with Crippen LogP contribution in [0, 0.1) is 46.3 Å². The van der Waals surface area contributed by atoms with Crippen LogP contribution in [-0.2, 0) is 14.3 Å². The van der Waals surface area contributed by atoms with Crippen molar-refractivity contribution in [1.82, 2.24) is 0 Å². The van der Waals surface area contributed by atoms with Crippen molar-refractivity contribution in [2.45, 2.75) is 194 Å². The van der Waals surface area contributed by atoms with Crippen molar-refractivity contribution in [1.29, 1.82) is 0 Å². The highest BCUT2D eigenvalue weighted by Gasteiger charge is 2.60. The van der Waals surface area contributed by atoms with E-state index in [4.69, 9.17) is 4.74 Å². The highest BCUT2D eigenvalue weighted by molar-refractivity contribution is 5.69. The van der Waals surface area contributed by atoms with E-state index in [2.05, 4.69) is 39.8 Å². The Morgan fingerprint density at radius 1 is 0.761 bits per heavy atom. The number of hydrogen-bond donors (Lipinski definition) is 1. The Balaban J connectivity index is 1.10. The molecular formula is C42H72O4. The van der Waals surface area contributed by atoms with Crippen molar-refractivity contribution >= 4 is 11.9 Å². The molecule has 1 N–H and O–H groups in total. The van der Waals surface area contributed by atoms with Gasteiger partial charge in [-0.15, -0.1) is 0 Å². The first-order valence-electron chi connectivity index (χ1n) is 20.2. The average Bonchev–Trinajstić information content (AvgIpc) is 3.39. The molecule has 4 rings (SSSR count). The van der Waals surface area contributed by atoms with E-state index in [9.17, 15) is 14.7 Å². The topological polar surface area (TPSA) is 63.6 Å². The number of hydrogen-bond acceptors (Lipinski definition) is 3. The third-order valence-corrected chi connectivity index (χ3v) is 14.1. The molecule has 0 aliphatic heterocycles. The van der Waals surface area contributed by atoms with E-state index in [1.807, 2.05) is 0 Å². The number of fused-ring (bicyclic) bond motifs is 5. The molecule has 0 heterocycles. The summed E-state index contributed by atoms with van der Waals surface area (Å²) in [5.41, 5.74) is 0.780. The Morgan fingerprint density at radius 3 is 2.09 bits per heavy atom. The van der Waals surface area contributed by atoms with Gasteiger partial charge in [0.05, 0.1) is 0 Å². The van der Waals surface area contributed by atoms with Crippen LogP contribution in [0.1, 0.15) is 188 Å². The minimum atomic E-state index is -0.647. The van der Waals surface area contributed by atoms with E-state index in [1.165, 1.54) is 116 Å². The SMILES string of the molecule is CCCCCCCCC=CCCCCCCCC(=O)O[C@@H]1CC[C@@]2(C)C(CC[C@H]3[C@@H]4CC[C@H]([C@H](C)CCC(=O)O)[C@@]4(C)CC[C@@H]32)C1. The molecule has 4 aliphatic carbocycles. The Labute approximate surface area is 283 Å². The second-order valence-electron chi connectivity index (χ2n) is 17.0. The molecule has 4 saturated carbocycles. The second kappa shape index (κ2) is 18.4. The molecular weight excluding hydrogens is 568 g/mol. The van der Waals surface area contributed by atoms with Crippen LogP contribution >= 0.6 is 0 Å². The van der Waals surface area contributed by atoms with Crippen LogP contribution in [0.15, 0.2) is 12.2 Å². The fourth-order valence-electron chi connectivity index (χ4n) is 11.4. The summed E-state index contributed by atoms with van der Waals surface area (Å²) in [5, 5.41) is 9.26. The predicted octanol–water partition coefficient (Wildman–Crippen LogP) is 12.1. The standard InChI is InChI=1S/C42H72O4/c1-5-6-7-8-9-10-11-12-13-14-15-16-17-18-19-20-40(45)46-34-27-29-41(3)33(31-34)22-23-35-37-25-24-36(32(2)21-26-39(43)44)42(37,4)30-28-38(35)41/h12-13,32-38H,5-11,14-31H2,1-4H3,(H,43,44)/t32-,33?,34-,35+,36-,37+,38+,41+,42-/m1/s1. The predicted molar refractivity (Wildman–Crippen MR) is 191 cm³/mol. The molecule has 0 saturated heterocycles. The molecule has 264 valence electrons. The first kappa shape index (κ1) is 37.5. The maximum Gasteiger partial charge on any atom is 0.306 e. The fourth-order valence-corrected chi connectivity index (χ4v) is 11.4. The molecule has 0 radical (unpaired) electrons. The zero-order chi connectivity index (χ0) is 33.0. The quantitative estimate of drug-likeness (QED) is 0.0817. The highest BCUT2D eigenvalue weighted by Crippen LogP contribution is 2.68. The number of carboxylic acids is 1. The zero-order valence-electron chi connectivity index (χ0n) is 30.5. The van der Waals surface area contributed by atoms with Gasteiger partial charge in [0.15, 0.2) is 0 Å². The lowest BCUT2D eigenvalue weighted by Crippen LogP contribution is -2.54. The Kier molecular flexibility index (Phi) is 15.0. The molecule has 0 aromatic carbocycles. The molecule has 9 atom stereocenters. The van der Waals surface area contributed by atoms with Gasteiger partial charge in [-0.25, -0.2) is 0 Å². The number of carboxylic acid groups (broad SMARTS) is 1. The molecule has 4 nitrogen and oxygen atoms in total. The highest BCUT2D eigenvalue weighted by atomic mass is 16.5. The molecule has 0 aromatic heterocycles. The molecule has 46 heavy (non-hydrogen) atoms. The monoisotopic (exact) mass is 641 g/mol. The summed E-state index contributed by atoms with van der Waals surface area (Å²) in [6.07, 6.45) is 34.5. The smallest absolute Gasteiger partial charge is 0.306 e. The van der Waals surface area contributed by atoms with Crippen LogP contribution in [0.4, 0.5) is 0 Å². The summed E-state index contributed by atoms with van der Waals surface area (Å²) in [6.45, 7) is 9.78. The Hall–Kier alpha value is -1.32. The van der Waals surface area contributed by atoms with Gasteiger partial charge in [-0.3, -0.25) is 9.59 Å². The third kappa shape index (κ3) is 9.87. The van der Waals surface area contributed by atoms with E-state index in [1.54, 1.807) is 0 Å². The minimum Gasteiger partial charge on any atom is -0.481 e. The van der Waals surface area contributed by atoms with Gasteiger partial charge < -0.3 is 9.84 Å². The van der Waals surface area contributed by atoms with E-state index in [0.29, 0.717) is 41.4 Å². The normalized spacial score (nSPS) is 34.5. The van der Waals surface area contributed by atoms with Crippen LogP contribution in [-0.4, -0.2) is 23.1 Å². The van der Waals surface area contributed by atoms with Crippen LogP contribution in [0.3, 0.4) is 0 Å². The van der Waals surface area contributed by atoms with Crippen molar-refractivity contribution in [3.05, 3.63) is 12.2 Å². The van der Waals surface area contributed by atoms with Crippen LogP contribution in [0.2, 0.25) is 0 Å². The summed E-state index contributed by atoms with van der Waals surface area (Å²) in [7, 11) is 0. The molecule has 0 amide bonds. The fraction of sp³-hybridized carbons (Fsp3) is 0.905. The summed E-state index contributed by atoms with van der Waals surface area (Å²) in [6, 6.07) is 0. The maximum absolute atomic E-state index is 12.8. The van der Waals surface area contributed by atoms with Crippen molar-refractivity contribution in [2.75, 3.05) is 0 Å². The second-order valence-corrected chi connectivity index (χ2v) is 17.0. The summed E-state index contributed by atoms with van der Waals surface area (Å²) < 4.78 is 6.12. The largest absolute Gasteiger partial charge is 0.481 e. The number of carbonyl (C=O) groups excluding carboxylic acids is 1. The lowest BCUT2D eigenvalue weighted by Gasteiger charge is -2.61. The van der Waals surface area contributed by atoms with E-state index >= 15 is 0 Å². The summed E-state index contributed by atoms with van der Waals surface area (Å²) in [5.74, 6) is 3.72. The van der Waals surface area contributed by atoms with Gasteiger partial charge in [0.1, 0.15) is 6.10 Å². The van der Waals surface area contributed by atoms with Gasteiger partial charge in [-0.1, -0.05) is 91.2 Å². The number of allylic oxidation sites excluding steroid dienone is 2. The Morgan fingerprint density at radius 2 is 1.39 bits per heavy atom. The molecule has 0 bridgehead atoms. The van der Waals surface area contributed by atoms with E-state index in [-0.39, 0.29) is 12.1 Å². The van der Waals surface area contributed by atoms with Gasteiger partial charge in [-0.05, 0) is 143 Å². The molecule has 0 aromatic rings. The van der Waals surface area contributed by atoms with E-state index < -0.39 is 5.97 Å². The van der Waals surface area contributed by atoms with Gasteiger partial charge in [0, 0.05) is 12.8 Å². The third-order valence-electron chi connectivity index (χ3n) is 14.1. The van der Waals surface area contributed by atoms with Crippen LogP contribution in [0.5, 0.6) is 0 Å². The molecule has 0 spiro atoms. The maximum atomic E-state index is 12.8. The number of aliphatic carboxylic acids is 1. The van der Waals surface area contributed by atoms with Crippen molar-refractivity contribution in [3.63, 3.8) is 0 Å². The number of unbranched alkanes of at least 4 members (excludes halogenated alkanes) is 11. The van der Waals surface area contributed by atoms with Gasteiger partial charge in [-0.2, -0.15) is 0 Å². The zero-order valence-corrected chi connectivity index (χ0v) is 30.5. The summed E-state index contributed by atoms with van der Waals surface area (Å²) in [4.78, 5) is 24.0. The first-order chi connectivity index (χ1) is 22.2. The van der Waals surface area contributed by atoms with Crippen molar-refractivity contribution < 1.29 is 19.4 Å².